The molecule has 10 heavy (non-hydrogen) atoms. The van der Waals surface area contributed by atoms with E-state index in [1.807, 2.05) is 6.92 Å². The highest BCUT2D eigenvalue weighted by Gasteiger charge is 1.95. The molecule has 0 radical (unpaired) electrons. The quantitative estimate of drug-likeness (QED) is 0.484. The highest BCUT2D eigenvalue weighted by atomic mass is 35.5. The monoisotopic (exact) mass is 158 g/mol. The lowest BCUT2D eigenvalue weighted by molar-refractivity contribution is 0.428. The Morgan fingerprint density at radius 3 is 2.40 bits per heavy atom. The molecule has 56 valence electrons. The molecule has 0 saturated carbocycles. The average molecular weight is 159 g/mol. The van der Waals surface area contributed by atoms with Gasteiger partial charge in [0.15, 0.2) is 0 Å². The van der Waals surface area contributed by atoms with E-state index in [-0.39, 0.29) is 5.76 Å². The minimum Gasteiger partial charge on any atom is -0.507 e. The van der Waals surface area contributed by atoms with Crippen molar-refractivity contribution in [3.63, 3.8) is 0 Å². The summed E-state index contributed by atoms with van der Waals surface area (Å²) in [6.45, 7) is 7.14. The molecule has 0 aromatic carbocycles. The van der Waals surface area contributed by atoms with E-state index in [9.17, 15) is 0 Å². The van der Waals surface area contributed by atoms with Crippen LogP contribution in [0.3, 0.4) is 0 Å². The molecular weight excluding hydrogens is 148 g/mol. The topological polar surface area (TPSA) is 20.2 Å². The van der Waals surface area contributed by atoms with Gasteiger partial charge in [-0.05, 0) is 26.0 Å². The van der Waals surface area contributed by atoms with Gasteiger partial charge in [-0.3, -0.25) is 0 Å². The lowest BCUT2D eigenvalue weighted by Gasteiger charge is -1.94. The van der Waals surface area contributed by atoms with Crippen molar-refractivity contribution in [2.24, 2.45) is 0 Å². The van der Waals surface area contributed by atoms with Crippen LogP contribution in [0.2, 0.25) is 0 Å². The fourth-order valence-electron chi connectivity index (χ4n) is 0.428. The van der Waals surface area contributed by atoms with Gasteiger partial charge in [0.1, 0.15) is 5.76 Å². The van der Waals surface area contributed by atoms with Gasteiger partial charge in [-0.25, -0.2) is 0 Å². The third kappa shape index (κ3) is 3.36. The van der Waals surface area contributed by atoms with E-state index < -0.39 is 0 Å². The third-order valence-electron chi connectivity index (χ3n) is 0.891. The molecule has 0 aliphatic heterocycles. The Labute approximate surface area is 66.3 Å². The Balaban J connectivity index is 4.35. The molecule has 0 atom stereocenters. The van der Waals surface area contributed by atoms with E-state index in [0.717, 1.165) is 5.57 Å². The first-order chi connectivity index (χ1) is 4.57. The fraction of sp³-hybridized carbons (Fsp3) is 0.250. The summed E-state index contributed by atoms with van der Waals surface area (Å²) in [5.74, 6) is 0.0877. The molecular formula is C8H11ClO. The number of aliphatic hydroxyl groups is 1. The van der Waals surface area contributed by atoms with Gasteiger partial charge >= 0.3 is 0 Å². The maximum Gasteiger partial charge on any atom is 0.129 e. The van der Waals surface area contributed by atoms with Gasteiger partial charge in [-0.1, -0.05) is 23.8 Å². The molecule has 0 aliphatic carbocycles. The number of rotatable bonds is 2. The van der Waals surface area contributed by atoms with E-state index >= 15 is 0 Å². The van der Waals surface area contributed by atoms with Crippen molar-refractivity contribution in [2.45, 2.75) is 13.8 Å². The van der Waals surface area contributed by atoms with Gasteiger partial charge in [0.05, 0.1) is 5.03 Å². The van der Waals surface area contributed by atoms with Crippen molar-refractivity contribution in [3.05, 3.63) is 35.1 Å². The average Bonchev–Trinajstić information content (AvgIpc) is 1.85. The normalized spacial score (nSPS) is 13.5. The highest BCUT2D eigenvalue weighted by Crippen LogP contribution is 2.13. The Bertz CT molecular complexity index is 189. The molecule has 1 nitrogen and oxygen atoms in total. The fourth-order valence-corrected chi connectivity index (χ4v) is 0.724. The number of aliphatic hydroxyl groups excluding tert-OH is 1. The lowest BCUT2D eigenvalue weighted by atomic mass is 10.3. The van der Waals surface area contributed by atoms with Crippen molar-refractivity contribution >= 4 is 11.6 Å². The molecule has 0 unspecified atom stereocenters. The second-order valence-electron chi connectivity index (χ2n) is 2.01. The maximum atomic E-state index is 9.00. The Morgan fingerprint density at radius 1 is 1.60 bits per heavy atom. The standard InChI is InChI=1S/C8H11ClO/c1-4-8(10)7(9)5-6(2)3/h4-5,10H,2H2,1,3H3/b7-5+,8-4+. The molecule has 0 amide bonds. The minimum absolute atomic E-state index is 0.0877. The molecule has 1 N–H and O–H groups in total. The summed E-state index contributed by atoms with van der Waals surface area (Å²) in [4.78, 5) is 0. The number of halogens is 1. The van der Waals surface area contributed by atoms with Crippen LogP contribution in [-0.2, 0) is 0 Å². The number of allylic oxidation sites excluding steroid dienone is 4. The van der Waals surface area contributed by atoms with Gasteiger partial charge in [0, 0.05) is 0 Å². The van der Waals surface area contributed by atoms with E-state index in [0.29, 0.717) is 5.03 Å². The second kappa shape index (κ2) is 4.18. The zero-order valence-electron chi connectivity index (χ0n) is 6.19. The molecule has 0 fully saturated rings. The molecule has 2 heteroatoms. The third-order valence-corrected chi connectivity index (χ3v) is 1.19. The summed E-state index contributed by atoms with van der Waals surface area (Å²) >= 11 is 5.61. The summed E-state index contributed by atoms with van der Waals surface area (Å²) < 4.78 is 0. The summed E-state index contributed by atoms with van der Waals surface area (Å²) in [7, 11) is 0. The van der Waals surface area contributed by atoms with E-state index in [4.69, 9.17) is 16.7 Å². The van der Waals surface area contributed by atoms with Crippen LogP contribution in [0.15, 0.2) is 35.1 Å². The van der Waals surface area contributed by atoms with Crippen LogP contribution in [0, 0.1) is 0 Å². The first-order valence-electron chi connectivity index (χ1n) is 2.96. The molecule has 0 spiro atoms. The van der Waals surface area contributed by atoms with Crippen LogP contribution >= 0.6 is 11.6 Å². The van der Waals surface area contributed by atoms with Gasteiger partial charge in [0.25, 0.3) is 0 Å². The summed E-state index contributed by atoms with van der Waals surface area (Å²) in [6.07, 6.45) is 3.14. The first kappa shape index (κ1) is 9.31. The SMILES string of the molecule is C=C(C)/C=C(Cl)\C(O)=C/C. The van der Waals surface area contributed by atoms with Crippen LogP contribution in [0.25, 0.3) is 0 Å². The summed E-state index contributed by atoms with van der Waals surface area (Å²) in [5, 5.41) is 9.32. The first-order valence-corrected chi connectivity index (χ1v) is 3.34. The molecule has 0 aromatic rings. The van der Waals surface area contributed by atoms with Crippen molar-refractivity contribution in [1.82, 2.24) is 0 Å². The Morgan fingerprint density at radius 2 is 2.10 bits per heavy atom. The van der Waals surface area contributed by atoms with Crippen molar-refractivity contribution in [2.75, 3.05) is 0 Å². The predicted molar refractivity (Wildman–Crippen MR) is 45.1 cm³/mol. The van der Waals surface area contributed by atoms with Crippen molar-refractivity contribution < 1.29 is 5.11 Å². The zero-order valence-corrected chi connectivity index (χ0v) is 6.94. The predicted octanol–water partition coefficient (Wildman–Crippen LogP) is 3.15. The Hall–Kier alpha value is -0.690. The smallest absolute Gasteiger partial charge is 0.129 e. The van der Waals surface area contributed by atoms with Crippen LogP contribution in [-0.4, -0.2) is 5.11 Å². The lowest BCUT2D eigenvalue weighted by Crippen LogP contribution is -1.79. The van der Waals surface area contributed by atoms with Crippen molar-refractivity contribution in [3.8, 4) is 0 Å². The molecule has 0 heterocycles. The molecule has 0 aromatic heterocycles. The zero-order chi connectivity index (χ0) is 8.15. The van der Waals surface area contributed by atoms with Crippen LogP contribution in [0.5, 0.6) is 0 Å². The number of hydrogen-bond donors (Lipinski definition) is 1. The second-order valence-corrected chi connectivity index (χ2v) is 2.42. The number of hydrogen-bond acceptors (Lipinski definition) is 1. The van der Waals surface area contributed by atoms with Crippen LogP contribution < -0.4 is 0 Å². The maximum absolute atomic E-state index is 9.00. The van der Waals surface area contributed by atoms with Gasteiger partial charge in [0.2, 0.25) is 0 Å². The summed E-state index contributed by atoms with van der Waals surface area (Å²) in [6, 6.07) is 0. The minimum atomic E-state index is 0.0877. The molecule has 0 aliphatic rings. The van der Waals surface area contributed by atoms with Gasteiger partial charge in [-0.2, -0.15) is 0 Å². The van der Waals surface area contributed by atoms with E-state index in [2.05, 4.69) is 6.58 Å². The van der Waals surface area contributed by atoms with Crippen LogP contribution in [0.1, 0.15) is 13.8 Å². The van der Waals surface area contributed by atoms with Gasteiger partial charge < -0.3 is 5.11 Å². The Kier molecular flexibility index (Phi) is 3.89. The van der Waals surface area contributed by atoms with E-state index in [1.165, 1.54) is 6.08 Å². The van der Waals surface area contributed by atoms with Crippen molar-refractivity contribution in [1.29, 1.82) is 0 Å². The highest BCUT2D eigenvalue weighted by molar-refractivity contribution is 6.31. The molecule has 0 saturated heterocycles. The largest absolute Gasteiger partial charge is 0.507 e. The van der Waals surface area contributed by atoms with E-state index in [1.54, 1.807) is 13.0 Å². The molecule has 0 bridgehead atoms. The van der Waals surface area contributed by atoms with Gasteiger partial charge in [-0.15, -0.1) is 0 Å². The molecule has 0 rings (SSSR count). The summed E-state index contributed by atoms with van der Waals surface area (Å²) in [5.41, 5.74) is 0.818. The van der Waals surface area contributed by atoms with Crippen LogP contribution in [0.4, 0.5) is 0 Å².